The number of halogens is 1. The van der Waals surface area contributed by atoms with Crippen LogP contribution in [0.3, 0.4) is 0 Å². The molecule has 0 spiro atoms. The van der Waals surface area contributed by atoms with Crippen LogP contribution in [0.25, 0.3) is 5.65 Å². The molecule has 2 N–H and O–H groups in total. The monoisotopic (exact) mass is 470 g/mol. The topological polar surface area (TPSA) is 66.6 Å². The summed E-state index contributed by atoms with van der Waals surface area (Å²) in [5.74, 6) is 1.82. The fraction of sp³-hybridized carbons (Fsp3) is 0.353. The fourth-order valence-electron chi connectivity index (χ4n) is 2.49. The number of pyridine rings is 1. The van der Waals surface area contributed by atoms with Gasteiger partial charge in [0.05, 0.1) is 6.54 Å². The molecule has 0 saturated carbocycles. The molecule has 25 heavy (non-hydrogen) atoms. The molecule has 3 aromatic heterocycles. The van der Waals surface area contributed by atoms with Crippen molar-refractivity contribution in [3.8, 4) is 0 Å². The van der Waals surface area contributed by atoms with E-state index in [1.807, 2.05) is 28.8 Å². The Labute approximate surface area is 168 Å². The molecular formula is C17H23IN6S. The molecule has 0 bridgehead atoms. The summed E-state index contributed by atoms with van der Waals surface area (Å²) in [6.45, 7) is 3.76. The van der Waals surface area contributed by atoms with Gasteiger partial charge in [-0.1, -0.05) is 6.07 Å². The fourth-order valence-corrected chi connectivity index (χ4v) is 3.32. The number of guanidine groups is 1. The van der Waals surface area contributed by atoms with Crippen molar-refractivity contribution in [3.05, 3.63) is 52.1 Å². The third-order valence-electron chi connectivity index (χ3n) is 3.70. The highest BCUT2D eigenvalue weighted by Crippen LogP contribution is 2.14. The van der Waals surface area contributed by atoms with Gasteiger partial charge in [-0.05, 0) is 37.6 Å². The second-order valence-corrected chi connectivity index (χ2v) is 6.89. The van der Waals surface area contributed by atoms with Gasteiger partial charge in [0.25, 0.3) is 0 Å². The van der Waals surface area contributed by atoms with E-state index in [0.29, 0.717) is 0 Å². The van der Waals surface area contributed by atoms with Crippen LogP contribution in [0.15, 0.2) is 41.5 Å². The summed E-state index contributed by atoms with van der Waals surface area (Å²) in [4.78, 5) is 6.90. The Hall–Kier alpha value is -1.68. The number of rotatable bonds is 6. The molecule has 0 atom stereocenters. The van der Waals surface area contributed by atoms with Crippen molar-refractivity contribution >= 4 is 46.9 Å². The van der Waals surface area contributed by atoms with Crippen molar-refractivity contribution in [1.29, 1.82) is 0 Å². The molecule has 0 amide bonds. The number of aliphatic imine (C=N–C) groups is 1. The molecule has 6 nitrogen and oxygen atoms in total. The van der Waals surface area contributed by atoms with Gasteiger partial charge in [0, 0.05) is 36.0 Å². The van der Waals surface area contributed by atoms with Crippen LogP contribution in [0, 0.1) is 6.92 Å². The molecule has 0 radical (unpaired) electrons. The second kappa shape index (κ2) is 9.71. The van der Waals surface area contributed by atoms with Crippen molar-refractivity contribution < 1.29 is 0 Å². The molecule has 134 valence electrons. The summed E-state index contributed by atoms with van der Waals surface area (Å²) in [7, 11) is 1.79. The number of hydrogen-bond donors (Lipinski definition) is 2. The van der Waals surface area contributed by atoms with Gasteiger partial charge in [-0.3, -0.25) is 9.39 Å². The Kier molecular flexibility index (Phi) is 7.63. The molecule has 3 rings (SSSR count). The molecule has 0 aromatic carbocycles. The van der Waals surface area contributed by atoms with Crippen LogP contribution < -0.4 is 10.6 Å². The molecule has 3 aromatic rings. The number of aryl methyl sites for hydroxylation is 2. The van der Waals surface area contributed by atoms with E-state index in [4.69, 9.17) is 0 Å². The molecule has 0 unspecified atom stereocenters. The van der Waals surface area contributed by atoms with E-state index in [1.54, 1.807) is 18.4 Å². The van der Waals surface area contributed by atoms with Crippen LogP contribution in [0.5, 0.6) is 0 Å². The first-order valence-electron chi connectivity index (χ1n) is 8.05. The molecule has 0 aliphatic carbocycles. The standard InChI is InChI=1S/C17H22N6S.HI/c1-13-8-9-14(24-13)12-20-17(18-2)19-10-5-7-16-22-21-15-6-3-4-11-23(15)16;/h3-4,6,8-9,11H,5,7,10,12H2,1-2H3,(H2,18,19,20);1H. The van der Waals surface area contributed by atoms with Crippen LogP contribution in [-0.2, 0) is 13.0 Å². The average molecular weight is 470 g/mol. The highest BCUT2D eigenvalue weighted by atomic mass is 127. The molecule has 0 fully saturated rings. The number of hydrogen-bond acceptors (Lipinski definition) is 4. The minimum atomic E-state index is 0. The van der Waals surface area contributed by atoms with E-state index in [9.17, 15) is 0 Å². The third-order valence-corrected chi connectivity index (χ3v) is 4.70. The number of aromatic nitrogens is 3. The molecule has 0 aliphatic rings. The second-order valence-electron chi connectivity index (χ2n) is 5.51. The first-order valence-corrected chi connectivity index (χ1v) is 8.86. The first kappa shape index (κ1) is 19.6. The van der Waals surface area contributed by atoms with Gasteiger partial charge in [-0.25, -0.2) is 0 Å². The minimum Gasteiger partial charge on any atom is -0.356 e. The highest BCUT2D eigenvalue weighted by Gasteiger charge is 2.04. The third kappa shape index (κ3) is 5.40. The lowest BCUT2D eigenvalue weighted by Crippen LogP contribution is -2.37. The van der Waals surface area contributed by atoms with Crippen molar-refractivity contribution in [3.63, 3.8) is 0 Å². The highest BCUT2D eigenvalue weighted by molar-refractivity contribution is 14.0. The molecular weight excluding hydrogens is 447 g/mol. The summed E-state index contributed by atoms with van der Waals surface area (Å²) in [5, 5.41) is 15.1. The Morgan fingerprint density at radius 1 is 1.20 bits per heavy atom. The summed E-state index contributed by atoms with van der Waals surface area (Å²) in [5.41, 5.74) is 0.893. The molecule has 0 saturated heterocycles. The first-order chi connectivity index (χ1) is 11.8. The van der Waals surface area contributed by atoms with Crippen LogP contribution in [-0.4, -0.2) is 34.2 Å². The lowest BCUT2D eigenvalue weighted by molar-refractivity contribution is 0.715. The van der Waals surface area contributed by atoms with Gasteiger partial charge in [0.1, 0.15) is 5.82 Å². The number of fused-ring (bicyclic) bond motifs is 1. The Balaban J connectivity index is 0.00000225. The van der Waals surface area contributed by atoms with Crippen LogP contribution in [0.2, 0.25) is 0 Å². The lowest BCUT2D eigenvalue weighted by Gasteiger charge is -2.10. The van der Waals surface area contributed by atoms with E-state index < -0.39 is 0 Å². The Bertz CT molecular complexity index is 825. The van der Waals surface area contributed by atoms with Crippen LogP contribution in [0.4, 0.5) is 0 Å². The number of nitrogens with zero attached hydrogens (tertiary/aromatic N) is 4. The maximum absolute atomic E-state index is 4.26. The maximum Gasteiger partial charge on any atom is 0.191 e. The summed E-state index contributed by atoms with van der Waals surface area (Å²) in [6.07, 6.45) is 3.84. The van der Waals surface area contributed by atoms with E-state index in [1.165, 1.54) is 9.75 Å². The van der Waals surface area contributed by atoms with Crippen molar-refractivity contribution in [2.45, 2.75) is 26.3 Å². The van der Waals surface area contributed by atoms with E-state index in [0.717, 1.165) is 43.4 Å². The zero-order valence-electron chi connectivity index (χ0n) is 14.4. The normalized spacial score (nSPS) is 11.4. The summed E-state index contributed by atoms with van der Waals surface area (Å²) in [6, 6.07) is 10.2. The van der Waals surface area contributed by atoms with Crippen molar-refractivity contribution in [1.82, 2.24) is 25.2 Å². The van der Waals surface area contributed by atoms with Gasteiger partial charge >= 0.3 is 0 Å². The molecule has 3 heterocycles. The molecule has 0 aliphatic heterocycles. The van der Waals surface area contributed by atoms with E-state index in [-0.39, 0.29) is 24.0 Å². The zero-order chi connectivity index (χ0) is 16.8. The summed E-state index contributed by atoms with van der Waals surface area (Å²) < 4.78 is 2.03. The Morgan fingerprint density at radius 3 is 2.84 bits per heavy atom. The largest absolute Gasteiger partial charge is 0.356 e. The van der Waals surface area contributed by atoms with Crippen molar-refractivity contribution in [2.75, 3.05) is 13.6 Å². The van der Waals surface area contributed by atoms with Gasteiger partial charge in [0.15, 0.2) is 11.6 Å². The maximum atomic E-state index is 4.26. The van der Waals surface area contributed by atoms with Crippen molar-refractivity contribution in [2.24, 2.45) is 4.99 Å². The predicted octanol–water partition coefficient (Wildman–Crippen LogP) is 3.02. The predicted molar refractivity (Wildman–Crippen MR) is 114 cm³/mol. The van der Waals surface area contributed by atoms with Gasteiger partial charge < -0.3 is 10.6 Å². The van der Waals surface area contributed by atoms with E-state index >= 15 is 0 Å². The summed E-state index contributed by atoms with van der Waals surface area (Å²) >= 11 is 1.80. The zero-order valence-corrected chi connectivity index (χ0v) is 17.5. The van der Waals surface area contributed by atoms with Crippen LogP contribution in [0.1, 0.15) is 22.0 Å². The van der Waals surface area contributed by atoms with Crippen LogP contribution >= 0.6 is 35.3 Å². The average Bonchev–Trinajstić information content (AvgIpc) is 3.20. The minimum absolute atomic E-state index is 0. The SMILES string of the molecule is CN=C(NCCCc1nnc2ccccn12)NCc1ccc(C)s1.I. The van der Waals surface area contributed by atoms with Gasteiger partial charge in [0.2, 0.25) is 0 Å². The van der Waals surface area contributed by atoms with Gasteiger partial charge in [-0.15, -0.1) is 45.5 Å². The smallest absolute Gasteiger partial charge is 0.191 e. The number of nitrogens with one attached hydrogen (secondary N) is 2. The van der Waals surface area contributed by atoms with Gasteiger partial charge in [-0.2, -0.15) is 0 Å². The Morgan fingerprint density at radius 2 is 2.08 bits per heavy atom. The molecule has 8 heteroatoms. The lowest BCUT2D eigenvalue weighted by atomic mass is 10.3. The number of thiophene rings is 1. The quantitative estimate of drug-likeness (QED) is 0.252. The van der Waals surface area contributed by atoms with E-state index in [2.05, 4.69) is 44.9 Å².